The van der Waals surface area contributed by atoms with Gasteiger partial charge in [0.25, 0.3) is 5.69 Å². The zero-order valence-corrected chi connectivity index (χ0v) is 11.1. The molecule has 1 saturated heterocycles. The van der Waals surface area contributed by atoms with Crippen molar-refractivity contribution in [2.24, 2.45) is 0 Å². The van der Waals surface area contributed by atoms with E-state index >= 15 is 0 Å². The van der Waals surface area contributed by atoms with E-state index in [1.54, 1.807) is 18.2 Å². The summed E-state index contributed by atoms with van der Waals surface area (Å²) in [6.45, 7) is 4.90. The van der Waals surface area contributed by atoms with Crippen LogP contribution >= 0.6 is 15.9 Å². The number of hydrogen-bond acceptors (Lipinski definition) is 4. The number of nitrogens with one attached hydrogen (secondary N) is 1. The summed E-state index contributed by atoms with van der Waals surface area (Å²) in [4.78, 5) is 12.5. The van der Waals surface area contributed by atoms with Gasteiger partial charge in [0.15, 0.2) is 0 Å². The van der Waals surface area contributed by atoms with Crippen LogP contribution in [0.2, 0.25) is 0 Å². The fourth-order valence-electron chi connectivity index (χ4n) is 2.02. The first-order chi connectivity index (χ1) is 8.08. The highest BCUT2D eigenvalue weighted by atomic mass is 79.9. The number of rotatable bonds is 2. The highest BCUT2D eigenvalue weighted by molar-refractivity contribution is 9.10. The summed E-state index contributed by atoms with van der Waals surface area (Å²) in [6, 6.07) is 5.35. The minimum atomic E-state index is -0.380. The van der Waals surface area contributed by atoms with Crippen molar-refractivity contribution >= 4 is 27.3 Å². The molecule has 0 aromatic heterocycles. The van der Waals surface area contributed by atoms with Gasteiger partial charge in [0.1, 0.15) is 0 Å². The van der Waals surface area contributed by atoms with Gasteiger partial charge in [-0.3, -0.25) is 10.1 Å². The van der Waals surface area contributed by atoms with Crippen molar-refractivity contribution in [2.45, 2.75) is 13.0 Å². The molecule has 1 aliphatic rings. The van der Waals surface area contributed by atoms with Gasteiger partial charge in [0.05, 0.1) is 10.6 Å². The first kappa shape index (κ1) is 12.3. The Kier molecular flexibility index (Phi) is 3.63. The summed E-state index contributed by atoms with van der Waals surface area (Å²) in [5, 5.41) is 14.0. The van der Waals surface area contributed by atoms with Crippen LogP contribution in [-0.2, 0) is 0 Å². The van der Waals surface area contributed by atoms with Crippen LogP contribution in [0.3, 0.4) is 0 Å². The maximum absolute atomic E-state index is 10.7. The molecule has 0 unspecified atom stereocenters. The predicted octanol–water partition coefficient (Wildman–Crippen LogP) is 2.16. The van der Waals surface area contributed by atoms with Crippen molar-refractivity contribution in [1.82, 2.24) is 5.32 Å². The van der Waals surface area contributed by atoms with Crippen molar-refractivity contribution in [2.75, 3.05) is 24.5 Å². The normalized spacial score (nSPS) is 20.4. The van der Waals surface area contributed by atoms with Crippen LogP contribution in [-0.4, -0.2) is 30.6 Å². The number of halogens is 1. The van der Waals surface area contributed by atoms with Gasteiger partial charge in [-0.15, -0.1) is 0 Å². The molecule has 1 aromatic carbocycles. The van der Waals surface area contributed by atoms with Gasteiger partial charge in [-0.25, -0.2) is 0 Å². The van der Waals surface area contributed by atoms with Crippen LogP contribution in [0.5, 0.6) is 0 Å². The Morgan fingerprint density at radius 2 is 2.35 bits per heavy atom. The number of nitro benzene ring substituents is 1. The van der Waals surface area contributed by atoms with E-state index in [1.807, 2.05) is 0 Å². The van der Waals surface area contributed by atoms with Crippen LogP contribution < -0.4 is 10.2 Å². The van der Waals surface area contributed by atoms with Gasteiger partial charge in [0, 0.05) is 42.3 Å². The number of nitro groups is 1. The van der Waals surface area contributed by atoms with Crippen LogP contribution in [0.15, 0.2) is 22.7 Å². The summed E-state index contributed by atoms with van der Waals surface area (Å²) in [7, 11) is 0. The van der Waals surface area contributed by atoms with Crippen molar-refractivity contribution in [3.8, 4) is 0 Å². The number of hydrogen-bond donors (Lipinski definition) is 1. The summed E-state index contributed by atoms with van der Waals surface area (Å²) in [6.07, 6.45) is 0. The molecule has 2 rings (SSSR count). The topological polar surface area (TPSA) is 58.4 Å². The van der Waals surface area contributed by atoms with E-state index in [0.717, 1.165) is 29.8 Å². The Labute approximate surface area is 108 Å². The third-order valence-corrected chi connectivity index (χ3v) is 3.49. The molecule has 0 aliphatic carbocycles. The Morgan fingerprint density at radius 1 is 1.59 bits per heavy atom. The maximum Gasteiger partial charge on any atom is 0.270 e. The third kappa shape index (κ3) is 2.76. The lowest BCUT2D eigenvalue weighted by Gasteiger charge is -2.34. The summed E-state index contributed by atoms with van der Waals surface area (Å²) in [5.74, 6) is 0. The molecule has 1 aliphatic heterocycles. The monoisotopic (exact) mass is 299 g/mol. The minimum Gasteiger partial charge on any atom is -0.368 e. The standard InChI is InChI=1S/C11H14BrN3O2/c1-8-7-14(5-4-13-8)11-3-2-9(15(16)17)6-10(11)12/h2-3,6,8,13H,4-5,7H2,1H3/t8-/m1/s1. The number of benzene rings is 1. The fourth-order valence-corrected chi connectivity index (χ4v) is 2.63. The minimum absolute atomic E-state index is 0.115. The first-order valence-electron chi connectivity index (χ1n) is 5.50. The molecule has 0 bridgehead atoms. The highest BCUT2D eigenvalue weighted by Crippen LogP contribution is 2.30. The molecule has 1 atom stereocenters. The van der Waals surface area contributed by atoms with E-state index in [-0.39, 0.29) is 10.6 Å². The van der Waals surface area contributed by atoms with Crippen LogP contribution in [0.1, 0.15) is 6.92 Å². The maximum atomic E-state index is 10.7. The quantitative estimate of drug-likeness (QED) is 0.671. The first-order valence-corrected chi connectivity index (χ1v) is 6.29. The zero-order chi connectivity index (χ0) is 12.4. The molecule has 1 aromatic rings. The van der Waals surface area contributed by atoms with Crippen molar-refractivity contribution in [3.63, 3.8) is 0 Å². The molecule has 1 N–H and O–H groups in total. The van der Waals surface area contributed by atoms with Gasteiger partial charge in [0.2, 0.25) is 0 Å². The lowest BCUT2D eigenvalue weighted by Crippen LogP contribution is -2.49. The molecule has 1 fully saturated rings. The molecule has 5 nitrogen and oxygen atoms in total. The summed E-state index contributed by atoms with van der Waals surface area (Å²) < 4.78 is 0.779. The van der Waals surface area contributed by atoms with Crippen LogP contribution in [0, 0.1) is 10.1 Å². The predicted molar refractivity (Wildman–Crippen MR) is 70.5 cm³/mol. The van der Waals surface area contributed by atoms with E-state index in [0.29, 0.717) is 6.04 Å². The number of non-ortho nitro benzene ring substituents is 1. The zero-order valence-electron chi connectivity index (χ0n) is 9.52. The van der Waals surface area contributed by atoms with E-state index < -0.39 is 0 Å². The fraction of sp³-hybridized carbons (Fsp3) is 0.455. The van der Waals surface area contributed by atoms with Gasteiger partial charge >= 0.3 is 0 Å². The molecule has 92 valence electrons. The van der Waals surface area contributed by atoms with Crippen molar-refractivity contribution < 1.29 is 4.92 Å². The van der Waals surface area contributed by atoms with E-state index in [1.165, 1.54) is 0 Å². The lowest BCUT2D eigenvalue weighted by molar-refractivity contribution is -0.384. The summed E-state index contributed by atoms with van der Waals surface area (Å²) >= 11 is 3.40. The molecule has 17 heavy (non-hydrogen) atoms. The molecule has 0 saturated carbocycles. The molecule has 0 spiro atoms. The van der Waals surface area contributed by atoms with Gasteiger partial charge in [-0.2, -0.15) is 0 Å². The molecule has 0 amide bonds. The van der Waals surface area contributed by atoms with Crippen molar-refractivity contribution in [1.29, 1.82) is 0 Å². The molecule has 0 radical (unpaired) electrons. The van der Waals surface area contributed by atoms with E-state index in [9.17, 15) is 10.1 Å². The number of nitrogens with zero attached hydrogens (tertiary/aromatic N) is 2. The SMILES string of the molecule is C[C@@H]1CN(c2ccc([N+](=O)[O-])cc2Br)CCN1. The van der Waals surface area contributed by atoms with Gasteiger partial charge < -0.3 is 10.2 Å². The second-order valence-electron chi connectivity index (χ2n) is 4.19. The molecular weight excluding hydrogens is 286 g/mol. The number of piperazine rings is 1. The summed E-state index contributed by atoms with van der Waals surface area (Å²) in [5.41, 5.74) is 1.13. The average Bonchev–Trinajstić information content (AvgIpc) is 2.28. The molecular formula is C11H14BrN3O2. The molecule has 1 heterocycles. The van der Waals surface area contributed by atoms with E-state index in [2.05, 4.69) is 33.1 Å². The average molecular weight is 300 g/mol. The second-order valence-corrected chi connectivity index (χ2v) is 5.05. The second kappa shape index (κ2) is 5.01. The Balaban J connectivity index is 2.23. The van der Waals surface area contributed by atoms with Crippen molar-refractivity contribution in [3.05, 3.63) is 32.8 Å². The van der Waals surface area contributed by atoms with Gasteiger partial charge in [-0.05, 0) is 28.9 Å². The Bertz CT molecular complexity index is 439. The Morgan fingerprint density at radius 3 is 2.94 bits per heavy atom. The van der Waals surface area contributed by atoms with Gasteiger partial charge in [-0.1, -0.05) is 0 Å². The smallest absolute Gasteiger partial charge is 0.270 e. The van der Waals surface area contributed by atoms with E-state index in [4.69, 9.17) is 0 Å². The number of anilines is 1. The largest absolute Gasteiger partial charge is 0.368 e. The van der Waals surface area contributed by atoms with Crippen LogP contribution in [0.4, 0.5) is 11.4 Å². The highest BCUT2D eigenvalue weighted by Gasteiger charge is 2.19. The molecule has 6 heteroatoms. The third-order valence-electron chi connectivity index (χ3n) is 2.85. The Hall–Kier alpha value is -1.14. The lowest BCUT2D eigenvalue weighted by atomic mass is 10.2. The van der Waals surface area contributed by atoms with Crippen LogP contribution in [0.25, 0.3) is 0 Å².